The summed E-state index contributed by atoms with van der Waals surface area (Å²) < 4.78 is 54.0. The van der Waals surface area contributed by atoms with Gasteiger partial charge in [-0.25, -0.2) is 18.2 Å². The maximum Gasteiger partial charge on any atom is 0.272 e. The van der Waals surface area contributed by atoms with Crippen LogP contribution >= 0.6 is 11.6 Å². The number of ether oxygens (including phenoxy) is 3. The van der Waals surface area contributed by atoms with E-state index in [-0.39, 0.29) is 46.4 Å². The fourth-order valence-corrected chi connectivity index (χ4v) is 3.68. The predicted molar refractivity (Wildman–Crippen MR) is 129 cm³/mol. The number of alkyl halides is 2. The molecule has 192 valence electrons. The van der Waals surface area contributed by atoms with E-state index in [1.165, 1.54) is 57.5 Å². The highest BCUT2D eigenvalue weighted by atomic mass is 35.5. The lowest BCUT2D eigenvalue weighted by atomic mass is 9.92. The third-order valence-corrected chi connectivity index (χ3v) is 5.80. The number of ketones is 1. The van der Waals surface area contributed by atoms with Crippen molar-refractivity contribution in [3.8, 4) is 28.5 Å². The van der Waals surface area contributed by atoms with Gasteiger partial charge < -0.3 is 19.3 Å². The van der Waals surface area contributed by atoms with E-state index in [1.807, 2.05) is 0 Å². The first-order valence-corrected chi connectivity index (χ1v) is 11.3. The number of carbonyl (C=O) groups is 1. The van der Waals surface area contributed by atoms with Gasteiger partial charge in [0.2, 0.25) is 0 Å². The van der Waals surface area contributed by atoms with Crippen LogP contribution in [0.15, 0.2) is 48.5 Å². The summed E-state index contributed by atoms with van der Waals surface area (Å²) in [5.41, 5.74) is -0.0950. The standard InChI is InChI=1S/C26H25ClF3NO5/c1-26(33,11-10-19(32)15-5-7-20(22(13-15)35-3)36-14-24(29)30)23-9-8-21(34-2)25(31-23)16-4-6-18(28)17(27)12-16/h4-9,12-13,24,33H,10-11,14H2,1-3H3. The summed E-state index contributed by atoms with van der Waals surface area (Å²) in [5.74, 6) is -0.237. The highest BCUT2D eigenvalue weighted by Gasteiger charge is 2.28. The topological polar surface area (TPSA) is 77.9 Å². The number of halogens is 4. The Morgan fingerprint density at radius 3 is 2.39 bits per heavy atom. The molecule has 0 bridgehead atoms. The molecule has 0 saturated heterocycles. The SMILES string of the molecule is COc1cc(C(=O)CCC(C)(O)c2ccc(OC)c(-c3ccc(F)c(Cl)c3)n2)ccc1OCC(F)F. The minimum Gasteiger partial charge on any atom is -0.494 e. The van der Waals surface area contributed by atoms with Gasteiger partial charge in [0.1, 0.15) is 29.5 Å². The molecule has 36 heavy (non-hydrogen) atoms. The van der Waals surface area contributed by atoms with Crippen LogP contribution in [0.25, 0.3) is 11.3 Å². The highest BCUT2D eigenvalue weighted by molar-refractivity contribution is 6.31. The van der Waals surface area contributed by atoms with Gasteiger partial charge in [0.05, 0.1) is 24.9 Å². The first kappa shape index (κ1) is 27.3. The zero-order valence-corrected chi connectivity index (χ0v) is 20.6. The van der Waals surface area contributed by atoms with Crippen molar-refractivity contribution in [3.63, 3.8) is 0 Å². The van der Waals surface area contributed by atoms with Gasteiger partial charge in [0.25, 0.3) is 6.43 Å². The second kappa shape index (κ2) is 11.6. The fraction of sp³-hybridized carbons (Fsp3) is 0.308. The molecular weight excluding hydrogens is 499 g/mol. The molecule has 1 atom stereocenters. The fourth-order valence-electron chi connectivity index (χ4n) is 3.50. The summed E-state index contributed by atoms with van der Waals surface area (Å²) in [6.07, 6.45) is -2.66. The van der Waals surface area contributed by atoms with E-state index in [1.54, 1.807) is 12.1 Å². The number of benzene rings is 2. The molecule has 0 saturated carbocycles. The van der Waals surface area contributed by atoms with Gasteiger partial charge in [0.15, 0.2) is 17.3 Å². The van der Waals surface area contributed by atoms with Crippen molar-refractivity contribution >= 4 is 17.4 Å². The number of hydrogen-bond donors (Lipinski definition) is 1. The van der Waals surface area contributed by atoms with Crippen LogP contribution in [0.5, 0.6) is 17.2 Å². The normalized spacial score (nSPS) is 12.8. The van der Waals surface area contributed by atoms with E-state index in [2.05, 4.69) is 4.98 Å². The second-order valence-corrected chi connectivity index (χ2v) is 8.55. The summed E-state index contributed by atoms with van der Waals surface area (Å²) in [6, 6.07) is 11.5. The minimum atomic E-state index is -2.65. The van der Waals surface area contributed by atoms with Gasteiger partial charge in [0, 0.05) is 17.5 Å². The molecule has 0 amide bonds. The summed E-state index contributed by atoms with van der Waals surface area (Å²) in [5, 5.41) is 11.0. The molecule has 0 aliphatic heterocycles. The van der Waals surface area contributed by atoms with Crippen LogP contribution in [-0.2, 0) is 5.60 Å². The molecule has 0 radical (unpaired) electrons. The Morgan fingerprint density at radius 1 is 1.06 bits per heavy atom. The third kappa shape index (κ3) is 6.47. The van der Waals surface area contributed by atoms with Crippen LogP contribution in [-0.4, -0.2) is 43.1 Å². The van der Waals surface area contributed by atoms with Crippen LogP contribution in [0.1, 0.15) is 35.8 Å². The lowest BCUT2D eigenvalue weighted by Crippen LogP contribution is -2.24. The molecule has 0 spiro atoms. The molecule has 10 heteroatoms. The summed E-state index contributed by atoms with van der Waals surface area (Å²) in [6.45, 7) is 0.728. The quantitative estimate of drug-likeness (QED) is 0.307. The number of pyridine rings is 1. The molecule has 6 nitrogen and oxygen atoms in total. The first-order valence-electron chi connectivity index (χ1n) is 10.9. The molecule has 3 aromatic rings. The van der Waals surface area contributed by atoms with Gasteiger partial charge in [-0.2, -0.15) is 0 Å². The molecule has 1 aromatic heterocycles. The Balaban J connectivity index is 1.79. The lowest BCUT2D eigenvalue weighted by Gasteiger charge is -2.24. The van der Waals surface area contributed by atoms with E-state index < -0.39 is 24.5 Å². The van der Waals surface area contributed by atoms with E-state index >= 15 is 0 Å². The van der Waals surface area contributed by atoms with Crippen LogP contribution < -0.4 is 14.2 Å². The molecule has 2 aromatic carbocycles. The van der Waals surface area contributed by atoms with Gasteiger partial charge >= 0.3 is 0 Å². The van der Waals surface area contributed by atoms with Gasteiger partial charge in [-0.05, 0) is 61.9 Å². The number of Topliss-reactive ketones (excluding diaryl/α,β-unsaturated/α-hetero) is 1. The van der Waals surface area contributed by atoms with Crippen molar-refractivity contribution in [3.05, 3.63) is 70.6 Å². The lowest BCUT2D eigenvalue weighted by molar-refractivity contribution is 0.0397. The molecule has 3 rings (SSSR count). The van der Waals surface area contributed by atoms with Gasteiger partial charge in [-0.15, -0.1) is 0 Å². The van der Waals surface area contributed by atoms with Crippen molar-refractivity contribution in [2.24, 2.45) is 0 Å². The van der Waals surface area contributed by atoms with E-state index in [0.29, 0.717) is 17.0 Å². The maximum atomic E-state index is 13.6. The van der Waals surface area contributed by atoms with E-state index in [9.17, 15) is 23.1 Å². The molecule has 1 heterocycles. The third-order valence-electron chi connectivity index (χ3n) is 5.51. The minimum absolute atomic E-state index is 0.0285. The zero-order valence-electron chi connectivity index (χ0n) is 19.9. The Bertz CT molecular complexity index is 1240. The molecule has 0 fully saturated rings. The Labute approximate surface area is 211 Å². The van der Waals surface area contributed by atoms with E-state index in [0.717, 1.165) is 0 Å². The van der Waals surface area contributed by atoms with Crippen molar-refractivity contribution < 1.29 is 37.3 Å². The number of methoxy groups -OCH3 is 2. The average Bonchev–Trinajstić information content (AvgIpc) is 2.87. The van der Waals surface area contributed by atoms with Gasteiger partial charge in [-0.3, -0.25) is 4.79 Å². The number of aliphatic hydroxyl groups is 1. The van der Waals surface area contributed by atoms with Gasteiger partial charge in [-0.1, -0.05) is 11.6 Å². The van der Waals surface area contributed by atoms with E-state index in [4.69, 9.17) is 25.8 Å². The van der Waals surface area contributed by atoms with Crippen LogP contribution in [0, 0.1) is 5.82 Å². The molecule has 0 aliphatic rings. The van der Waals surface area contributed by atoms with Crippen molar-refractivity contribution in [1.82, 2.24) is 4.98 Å². The molecule has 1 unspecified atom stereocenters. The van der Waals surface area contributed by atoms with Crippen LogP contribution in [0.4, 0.5) is 13.2 Å². The summed E-state index contributed by atoms with van der Waals surface area (Å²) >= 11 is 5.91. The number of nitrogens with zero attached hydrogens (tertiary/aromatic N) is 1. The molecule has 1 N–H and O–H groups in total. The molecule has 0 aliphatic carbocycles. The summed E-state index contributed by atoms with van der Waals surface area (Å²) in [4.78, 5) is 17.3. The summed E-state index contributed by atoms with van der Waals surface area (Å²) in [7, 11) is 2.80. The van der Waals surface area contributed by atoms with Crippen LogP contribution in [0.2, 0.25) is 5.02 Å². The first-order chi connectivity index (χ1) is 17.1. The number of aromatic nitrogens is 1. The van der Waals surface area contributed by atoms with Crippen LogP contribution in [0.3, 0.4) is 0 Å². The smallest absolute Gasteiger partial charge is 0.272 e. The highest BCUT2D eigenvalue weighted by Crippen LogP contribution is 2.35. The zero-order chi connectivity index (χ0) is 26.5. The number of hydrogen-bond acceptors (Lipinski definition) is 6. The maximum absolute atomic E-state index is 13.6. The van der Waals surface area contributed by atoms with Crippen molar-refractivity contribution in [2.75, 3.05) is 20.8 Å². The Hall–Kier alpha value is -3.30. The largest absolute Gasteiger partial charge is 0.494 e. The van der Waals surface area contributed by atoms with Crippen molar-refractivity contribution in [1.29, 1.82) is 0 Å². The molecular formula is C26H25ClF3NO5. The number of rotatable bonds is 11. The Kier molecular flexibility index (Phi) is 8.81. The Morgan fingerprint density at radius 2 is 1.75 bits per heavy atom. The predicted octanol–water partition coefficient (Wildman–Crippen LogP) is 6.07. The number of carbonyl (C=O) groups excluding carboxylic acids is 1. The average molecular weight is 524 g/mol. The monoisotopic (exact) mass is 523 g/mol. The van der Waals surface area contributed by atoms with Crippen molar-refractivity contribution in [2.45, 2.75) is 31.8 Å². The second-order valence-electron chi connectivity index (χ2n) is 8.14.